The number of rotatable bonds is 7. The predicted octanol–water partition coefficient (Wildman–Crippen LogP) is 3.50. The molecule has 0 aliphatic carbocycles. The lowest BCUT2D eigenvalue weighted by molar-refractivity contribution is -0.124. The van der Waals surface area contributed by atoms with Crippen LogP contribution in [0.15, 0.2) is 70.0 Å². The van der Waals surface area contributed by atoms with E-state index in [1.165, 1.54) is 0 Å². The van der Waals surface area contributed by atoms with Crippen molar-refractivity contribution < 1.29 is 18.7 Å². The third kappa shape index (κ3) is 4.87. The molecule has 25 heavy (non-hydrogen) atoms. The van der Waals surface area contributed by atoms with Crippen LogP contribution in [0.2, 0.25) is 0 Å². The Hall–Kier alpha value is -2.73. The number of esters is 1. The Morgan fingerprint density at radius 2 is 1.80 bits per heavy atom. The van der Waals surface area contributed by atoms with Crippen LogP contribution in [0.4, 0.5) is 0 Å². The van der Waals surface area contributed by atoms with Gasteiger partial charge in [-0.15, -0.1) is 11.8 Å². The third-order valence-corrected chi connectivity index (χ3v) is 4.41. The summed E-state index contributed by atoms with van der Waals surface area (Å²) in [5, 5.41) is 3.54. The number of nitrogens with one attached hydrogen (secondary N) is 1. The van der Waals surface area contributed by atoms with Crippen LogP contribution in [0.25, 0.3) is 11.0 Å². The molecule has 0 spiro atoms. The average molecular weight is 355 g/mol. The Morgan fingerprint density at radius 3 is 2.60 bits per heavy atom. The fraction of sp³-hybridized carbons (Fsp3) is 0.158. The number of thioether (sulfide) groups is 1. The molecule has 0 radical (unpaired) electrons. The normalized spacial score (nSPS) is 10.6. The van der Waals surface area contributed by atoms with Crippen molar-refractivity contribution in [3.05, 3.63) is 66.4 Å². The molecule has 3 aromatic rings. The minimum atomic E-state index is -0.648. The second kappa shape index (κ2) is 8.39. The topological polar surface area (TPSA) is 68.5 Å². The van der Waals surface area contributed by atoms with Crippen molar-refractivity contribution >= 4 is 34.6 Å². The number of benzene rings is 2. The number of carbonyl (C=O) groups excluding carboxylic acids is 2. The van der Waals surface area contributed by atoms with Gasteiger partial charge in [-0.25, -0.2) is 4.79 Å². The molecule has 1 amide bonds. The Bertz CT molecular complexity index is 827. The van der Waals surface area contributed by atoms with Gasteiger partial charge in [-0.05, 0) is 24.3 Å². The van der Waals surface area contributed by atoms with Gasteiger partial charge in [0.1, 0.15) is 5.58 Å². The molecule has 0 saturated carbocycles. The number of para-hydroxylation sites is 1. The molecular formula is C19H17NO4S. The maximum Gasteiger partial charge on any atom is 0.374 e. The van der Waals surface area contributed by atoms with Gasteiger partial charge in [0.05, 0.1) is 0 Å². The van der Waals surface area contributed by atoms with E-state index < -0.39 is 5.97 Å². The molecule has 2 aromatic carbocycles. The summed E-state index contributed by atoms with van der Waals surface area (Å²) in [4.78, 5) is 24.8. The zero-order chi connectivity index (χ0) is 17.5. The smallest absolute Gasteiger partial charge is 0.374 e. The van der Waals surface area contributed by atoms with Gasteiger partial charge in [-0.3, -0.25) is 4.79 Å². The highest BCUT2D eigenvalue weighted by Crippen LogP contribution is 2.19. The average Bonchev–Trinajstić information content (AvgIpc) is 3.08. The number of furan rings is 1. The highest BCUT2D eigenvalue weighted by atomic mass is 32.2. The minimum Gasteiger partial charge on any atom is -0.450 e. The summed E-state index contributed by atoms with van der Waals surface area (Å²) in [6.45, 7) is 0.173. The molecule has 1 N–H and O–H groups in total. The fourth-order valence-electron chi connectivity index (χ4n) is 2.21. The molecule has 5 nitrogen and oxygen atoms in total. The van der Waals surface area contributed by atoms with Crippen molar-refractivity contribution in [2.45, 2.75) is 4.90 Å². The van der Waals surface area contributed by atoms with Crippen molar-refractivity contribution in [1.82, 2.24) is 5.32 Å². The standard InChI is InChI=1S/C19H17NO4S/c21-18(20-10-11-25-15-7-2-1-3-8-15)13-23-19(22)17-12-14-6-4-5-9-16(14)24-17/h1-9,12H,10-11,13H2,(H,20,21). The lowest BCUT2D eigenvalue weighted by Gasteiger charge is -2.05. The predicted molar refractivity (Wildman–Crippen MR) is 96.7 cm³/mol. The lowest BCUT2D eigenvalue weighted by atomic mass is 10.2. The van der Waals surface area contributed by atoms with Crippen LogP contribution >= 0.6 is 11.8 Å². The van der Waals surface area contributed by atoms with E-state index in [1.807, 2.05) is 48.5 Å². The molecule has 1 heterocycles. The Morgan fingerprint density at radius 1 is 1.04 bits per heavy atom. The fourth-order valence-corrected chi connectivity index (χ4v) is 3.00. The van der Waals surface area contributed by atoms with Gasteiger partial charge in [0.2, 0.25) is 5.76 Å². The van der Waals surface area contributed by atoms with Crippen LogP contribution < -0.4 is 5.32 Å². The molecule has 0 atom stereocenters. The summed E-state index contributed by atoms with van der Waals surface area (Å²) < 4.78 is 10.4. The lowest BCUT2D eigenvalue weighted by Crippen LogP contribution is -2.30. The number of hydrogen-bond donors (Lipinski definition) is 1. The quantitative estimate of drug-likeness (QED) is 0.399. The number of hydrogen-bond acceptors (Lipinski definition) is 5. The monoisotopic (exact) mass is 355 g/mol. The van der Waals surface area contributed by atoms with Gasteiger partial charge >= 0.3 is 5.97 Å². The summed E-state index contributed by atoms with van der Waals surface area (Å²) in [7, 11) is 0. The first-order valence-corrected chi connectivity index (χ1v) is 8.81. The van der Waals surface area contributed by atoms with Crippen LogP contribution in [0.1, 0.15) is 10.6 Å². The summed E-state index contributed by atoms with van der Waals surface area (Å²) in [6, 6.07) is 18.8. The van der Waals surface area contributed by atoms with Crippen molar-refractivity contribution in [2.24, 2.45) is 0 Å². The highest BCUT2D eigenvalue weighted by molar-refractivity contribution is 7.99. The van der Waals surface area contributed by atoms with E-state index in [0.29, 0.717) is 12.1 Å². The Labute approximate surface area is 149 Å². The van der Waals surface area contributed by atoms with Crippen molar-refractivity contribution in [3.63, 3.8) is 0 Å². The van der Waals surface area contributed by atoms with Gasteiger partial charge in [-0.1, -0.05) is 36.4 Å². The maximum absolute atomic E-state index is 11.9. The number of fused-ring (bicyclic) bond motifs is 1. The zero-order valence-corrected chi connectivity index (χ0v) is 14.3. The van der Waals surface area contributed by atoms with E-state index in [0.717, 1.165) is 16.0 Å². The molecular weight excluding hydrogens is 338 g/mol. The van der Waals surface area contributed by atoms with E-state index in [9.17, 15) is 9.59 Å². The molecule has 0 unspecified atom stereocenters. The van der Waals surface area contributed by atoms with Crippen LogP contribution in [0.5, 0.6) is 0 Å². The van der Waals surface area contributed by atoms with Gasteiger partial charge < -0.3 is 14.5 Å². The molecule has 0 aliphatic rings. The molecule has 0 bridgehead atoms. The van der Waals surface area contributed by atoms with Crippen molar-refractivity contribution in [1.29, 1.82) is 0 Å². The van der Waals surface area contributed by atoms with Crippen LogP contribution in [0, 0.1) is 0 Å². The summed E-state index contributed by atoms with van der Waals surface area (Å²) in [5.41, 5.74) is 0.608. The van der Waals surface area contributed by atoms with E-state index in [-0.39, 0.29) is 18.3 Å². The summed E-state index contributed by atoms with van der Waals surface area (Å²) in [6.07, 6.45) is 0. The zero-order valence-electron chi connectivity index (χ0n) is 13.4. The van der Waals surface area contributed by atoms with E-state index in [1.54, 1.807) is 23.9 Å². The number of carbonyl (C=O) groups is 2. The molecule has 1 aromatic heterocycles. The molecule has 3 rings (SSSR count). The van der Waals surface area contributed by atoms with E-state index in [2.05, 4.69) is 5.32 Å². The molecule has 6 heteroatoms. The largest absolute Gasteiger partial charge is 0.450 e. The SMILES string of the molecule is O=C(COC(=O)c1cc2ccccc2o1)NCCSc1ccccc1. The third-order valence-electron chi connectivity index (χ3n) is 3.40. The maximum atomic E-state index is 11.9. The second-order valence-corrected chi connectivity index (χ2v) is 6.40. The Kier molecular flexibility index (Phi) is 5.74. The van der Waals surface area contributed by atoms with Crippen LogP contribution in [-0.2, 0) is 9.53 Å². The molecule has 0 saturated heterocycles. The molecule has 0 fully saturated rings. The first-order chi connectivity index (χ1) is 12.2. The van der Waals surface area contributed by atoms with E-state index >= 15 is 0 Å². The second-order valence-electron chi connectivity index (χ2n) is 5.24. The molecule has 128 valence electrons. The number of amides is 1. The van der Waals surface area contributed by atoms with Crippen molar-refractivity contribution in [3.8, 4) is 0 Å². The number of ether oxygens (including phenoxy) is 1. The molecule has 0 aliphatic heterocycles. The minimum absolute atomic E-state index is 0.0913. The van der Waals surface area contributed by atoms with Gasteiger partial charge in [0, 0.05) is 22.6 Å². The summed E-state index contributed by atoms with van der Waals surface area (Å²) in [5.74, 6) is -0.149. The van der Waals surface area contributed by atoms with Crippen LogP contribution in [-0.4, -0.2) is 30.8 Å². The van der Waals surface area contributed by atoms with Gasteiger partial charge in [0.15, 0.2) is 6.61 Å². The Balaban J connectivity index is 1.39. The first kappa shape index (κ1) is 17.1. The summed E-state index contributed by atoms with van der Waals surface area (Å²) >= 11 is 1.65. The van der Waals surface area contributed by atoms with Gasteiger partial charge in [-0.2, -0.15) is 0 Å². The van der Waals surface area contributed by atoms with E-state index in [4.69, 9.17) is 9.15 Å². The van der Waals surface area contributed by atoms with Crippen molar-refractivity contribution in [2.75, 3.05) is 18.9 Å². The highest BCUT2D eigenvalue weighted by Gasteiger charge is 2.15. The first-order valence-electron chi connectivity index (χ1n) is 7.82. The van der Waals surface area contributed by atoms with Crippen LogP contribution in [0.3, 0.4) is 0 Å². The van der Waals surface area contributed by atoms with Gasteiger partial charge in [0.25, 0.3) is 5.91 Å².